The minimum Gasteiger partial charge on any atom is -0.395 e. The van der Waals surface area contributed by atoms with Crippen LogP contribution in [0.1, 0.15) is 34.9 Å². The SMILES string of the molecule is Nc1c(C(=O)Nc2ccc(Cl)cc2I)n[nH]c1C1CC1. The minimum absolute atomic E-state index is 0.248. The third-order valence-electron chi connectivity index (χ3n) is 3.21. The van der Waals surface area contributed by atoms with E-state index in [1.807, 2.05) is 0 Å². The van der Waals surface area contributed by atoms with E-state index in [9.17, 15) is 4.79 Å². The van der Waals surface area contributed by atoms with E-state index in [1.165, 1.54) is 0 Å². The highest BCUT2D eigenvalue weighted by Crippen LogP contribution is 2.42. The molecule has 2 aromatic rings. The molecule has 7 heteroatoms. The lowest BCUT2D eigenvalue weighted by Gasteiger charge is -2.06. The molecule has 1 aromatic carbocycles. The van der Waals surface area contributed by atoms with Crippen LogP contribution in [0.3, 0.4) is 0 Å². The summed E-state index contributed by atoms with van der Waals surface area (Å²) in [6.07, 6.45) is 2.20. The van der Waals surface area contributed by atoms with Crippen LogP contribution < -0.4 is 11.1 Å². The Hall–Kier alpha value is -1.28. The zero-order valence-electron chi connectivity index (χ0n) is 10.4. The van der Waals surface area contributed by atoms with Crippen molar-refractivity contribution in [3.8, 4) is 0 Å². The van der Waals surface area contributed by atoms with Crippen molar-refractivity contribution in [1.29, 1.82) is 0 Å². The van der Waals surface area contributed by atoms with Crippen LogP contribution >= 0.6 is 34.2 Å². The molecule has 1 aromatic heterocycles. The molecule has 4 N–H and O–H groups in total. The number of halogens is 2. The van der Waals surface area contributed by atoms with Crippen LogP contribution in [0.15, 0.2) is 18.2 Å². The molecule has 1 amide bonds. The van der Waals surface area contributed by atoms with Gasteiger partial charge < -0.3 is 11.1 Å². The van der Waals surface area contributed by atoms with Crippen molar-refractivity contribution in [1.82, 2.24) is 10.2 Å². The largest absolute Gasteiger partial charge is 0.395 e. The van der Waals surface area contributed by atoms with Gasteiger partial charge in [-0.25, -0.2) is 0 Å². The number of hydrogen-bond acceptors (Lipinski definition) is 3. The second-order valence-corrected chi connectivity index (χ2v) is 6.35. The molecule has 0 bridgehead atoms. The summed E-state index contributed by atoms with van der Waals surface area (Å²) < 4.78 is 0.861. The predicted octanol–water partition coefficient (Wildman–Crippen LogP) is 3.38. The van der Waals surface area contributed by atoms with E-state index in [-0.39, 0.29) is 11.6 Å². The zero-order chi connectivity index (χ0) is 14.3. The van der Waals surface area contributed by atoms with Gasteiger partial charge in [0.25, 0.3) is 5.91 Å². The van der Waals surface area contributed by atoms with Crippen molar-refractivity contribution < 1.29 is 4.79 Å². The van der Waals surface area contributed by atoms with Crippen molar-refractivity contribution in [2.75, 3.05) is 11.1 Å². The van der Waals surface area contributed by atoms with Gasteiger partial charge >= 0.3 is 0 Å². The maximum absolute atomic E-state index is 12.2. The Morgan fingerprint density at radius 3 is 2.90 bits per heavy atom. The average molecular weight is 403 g/mol. The first-order chi connectivity index (χ1) is 9.56. The summed E-state index contributed by atoms with van der Waals surface area (Å²) in [4.78, 5) is 12.2. The molecule has 3 rings (SSSR count). The Labute approximate surface area is 134 Å². The number of aromatic nitrogens is 2. The quantitative estimate of drug-likeness (QED) is 0.688. The fourth-order valence-electron chi connectivity index (χ4n) is 1.99. The number of nitrogens with one attached hydrogen (secondary N) is 2. The van der Waals surface area contributed by atoms with E-state index in [0.29, 0.717) is 22.3 Å². The molecular formula is C13H12ClIN4O. The normalized spacial score (nSPS) is 14.3. The molecule has 5 nitrogen and oxygen atoms in total. The van der Waals surface area contributed by atoms with Gasteiger partial charge in [-0.1, -0.05) is 11.6 Å². The average Bonchev–Trinajstić information content (AvgIpc) is 3.16. The Morgan fingerprint density at radius 1 is 1.50 bits per heavy atom. The molecule has 1 heterocycles. The molecule has 20 heavy (non-hydrogen) atoms. The third kappa shape index (κ3) is 2.62. The lowest BCUT2D eigenvalue weighted by atomic mass is 10.2. The summed E-state index contributed by atoms with van der Waals surface area (Å²) >= 11 is 8.00. The van der Waals surface area contributed by atoms with E-state index in [2.05, 4.69) is 38.1 Å². The number of carbonyl (C=O) groups excluding carboxylic acids is 1. The highest BCUT2D eigenvalue weighted by atomic mass is 127. The Kier molecular flexibility index (Phi) is 3.59. The van der Waals surface area contributed by atoms with Crippen molar-refractivity contribution in [3.05, 3.63) is 38.2 Å². The first-order valence-corrected chi connectivity index (χ1v) is 7.62. The maximum atomic E-state index is 12.2. The second kappa shape index (κ2) is 5.25. The maximum Gasteiger partial charge on any atom is 0.278 e. The van der Waals surface area contributed by atoms with Crippen molar-refractivity contribution in [3.63, 3.8) is 0 Å². The summed E-state index contributed by atoms with van der Waals surface area (Å²) in [6, 6.07) is 5.26. The highest BCUT2D eigenvalue weighted by Gasteiger charge is 2.30. The van der Waals surface area contributed by atoms with Crippen molar-refractivity contribution in [2.45, 2.75) is 18.8 Å². The van der Waals surface area contributed by atoms with Crippen molar-refractivity contribution >= 4 is 51.5 Å². The smallest absolute Gasteiger partial charge is 0.278 e. The van der Waals surface area contributed by atoms with Gasteiger partial charge in [0.2, 0.25) is 0 Å². The topological polar surface area (TPSA) is 83.8 Å². The van der Waals surface area contributed by atoms with E-state index in [0.717, 1.165) is 22.1 Å². The molecule has 0 aliphatic heterocycles. The summed E-state index contributed by atoms with van der Waals surface area (Å²) in [5.41, 5.74) is 8.25. The molecule has 0 saturated heterocycles. The summed E-state index contributed by atoms with van der Waals surface area (Å²) in [6.45, 7) is 0. The number of aromatic amines is 1. The van der Waals surface area contributed by atoms with E-state index in [4.69, 9.17) is 17.3 Å². The van der Waals surface area contributed by atoms with Crippen LogP contribution in [0.5, 0.6) is 0 Å². The fourth-order valence-corrected chi connectivity index (χ4v) is 3.00. The fraction of sp³-hybridized carbons (Fsp3) is 0.231. The second-order valence-electron chi connectivity index (χ2n) is 4.75. The molecule has 1 fully saturated rings. The van der Waals surface area contributed by atoms with Crippen LogP contribution in [0.4, 0.5) is 11.4 Å². The number of amides is 1. The number of hydrogen-bond donors (Lipinski definition) is 3. The molecule has 1 aliphatic carbocycles. The van der Waals surface area contributed by atoms with Crippen LogP contribution in [-0.4, -0.2) is 16.1 Å². The van der Waals surface area contributed by atoms with Gasteiger partial charge in [-0.15, -0.1) is 0 Å². The Morgan fingerprint density at radius 2 is 2.25 bits per heavy atom. The monoisotopic (exact) mass is 402 g/mol. The lowest BCUT2D eigenvalue weighted by molar-refractivity contribution is 0.102. The lowest BCUT2D eigenvalue weighted by Crippen LogP contribution is -2.15. The number of anilines is 2. The van der Waals surface area contributed by atoms with Gasteiger partial charge in [-0.2, -0.15) is 5.10 Å². The number of carbonyl (C=O) groups is 1. The molecule has 1 saturated carbocycles. The zero-order valence-corrected chi connectivity index (χ0v) is 13.3. The molecule has 0 unspecified atom stereocenters. The number of nitrogen functional groups attached to an aromatic ring is 1. The molecular weight excluding hydrogens is 391 g/mol. The summed E-state index contributed by atoms with van der Waals surface area (Å²) in [5.74, 6) is 0.116. The first-order valence-electron chi connectivity index (χ1n) is 6.16. The molecule has 1 aliphatic rings. The Balaban J connectivity index is 1.82. The van der Waals surface area contributed by atoms with E-state index >= 15 is 0 Å². The molecule has 0 radical (unpaired) electrons. The van der Waals surface area contributed by atoms with Gasteiger partial charge in [-0.05, 0) is 53.6 Å². The van der Waals surface area contributed by atoms with Crippen LogP contribution in [0.25, 0.3) is 0 Å². The summed E-state index contributed by atoms with van der Waals surface area (Å²) in [5, 5.41) is 10.3. The van der Waals surface area contributed by atoms with Gasteiger partial charge in [0, 0.05) is 14.5 Å². The minimum atomic E-state index is -0.314. The Bertz CT molecular complexity index is 681. The van der Waals surface area contributed by atoms with Crippen LogP contribution in [-0.2, 0) is 0 Å². The first kappa shape index (κ1) is 13.7. The molecule has 0 spiro atoms. The number of benzene rings is 1. The number of nitrogens with two attached hydrogens (primary N) is 1. The van der Waals surface area contributed by atoms with Crippen LogP contribution in [0.2, 0.25) is 5.02 Å². The van der Waals surface area contributed by atoms with E-state index < -0.39 is 0 Å². The number of nitrogens with zero attached hydrogens (tertiary/aromatic N) is 1. The summed E-state index contributed by atoms with van der Waals surface area (Å²) in [7, 11) is 0. The van der Waals surface area contributed by atoms with Gasteiger partial charge in [0.1, 0.15) is 0 Å². The van der Waals surface area contributed by atoms with Crippen LogP contribution in [0, 0.1) is 3.57 Å². The van der Waals surface area contributed by atoms with Crippen molar-refractivity contribution in [2.24, 2.45) is 0 Å². The van der Waals surface area contributed by atoms with Gasteiger partial charge in [-0.3, -0.25) is 9.89 Å². The van der Waals surface area contributed by atoms with Gasteiger partial charge in [0.15, 0.2) is 5.69 Å². The number of rotatable bonds is 3. The predicted molar refractivity (Wildman–Crippen MR) is 87.1 cm³/mol. The number of H-pyrrole nitrogens is 1. The van der Waals surface area contributed by atoms with Gasteiger partial charge in [0.05, 0.1) is 17.1 Å². The third-order valence-corrected chi connectivity index (χ3v) is 4.34. The highest BCUT2D eigenvalue weighted by molar-refractivity contribution is 14.1. The molecule has 0 atom stereocenters. The standard InChI is InChI=1S/C13H12ClIN4O/c14-7-3-4-9(8(15)5-7)17-13(20)12-10(16)11(18-19-12)6-1-2-6/h3-6H,1-2,16H2,(H,17,20)(H,18,19). The molecule has 104 valence electrons. The van der Waals surface area contributed by atoms with E-state index in [1.54, 1.807) is 18.2 Å².